The number of hydrogen-bond acceptors (Lipinski definition) is 2. The average molecular weight is 404 g/mol. The molecule has 2 heterocycles. The largest absolute Gasteiger partial charge is 0.361 e. The number of rotatable bonds is 6. The molecule has 2 aromatic heterocycles. The second kappa shape index (κ2) is 8.82. The Labute approximate surface area is 174 Å². The second-order valence-electron chi connectivity index (χ2n) is 7.16. The van der Waals surface area contributed by atoms with Crippen LogP contribution in [-0.4, -0.2) is 34.3 Å². The smallest absolute Gasteiger partial charge is 0.191 e. The van der Waals surface area contributed by atoms with Gasteiger partial charge in [0.25, 0.3) is 0 Å². The van der Waals surface area contributed by atoms with Crippen LogP contribution in [0.1, 0.15) is 24.1 Å². The van der Waals surface area contributed by atoms with Gasteiger partial charge in [0.05, 0.1) is 11.7 Å². The van der Waals surface area contributed by atoms with Gasteiger partial charge in [-0.2, -0.15) is 5.10 Å². The van der Waals surface area contributed by atoms with Gasteiger partial charge in [-0.1, -0.05) is 12.1 Å². The van der Waals surface area contributed by atoms with E-state index in [2.05, 4.69) is 44.8 Å². The molecule has 4 rings (SSSR count). The van der Waals surface area contributed by atoms with E-state index in [1.165, 1.54) is 6.07 Å². The van der Waals surface area contributed by atoms with E-state index in [-0.39, 0.29) is 11.9 Å². The van der Waals surface area contributed by atoms with Crippen molar-refractivity contribution in [1.82, 2.24) is 25.4 Å². The van der Waals surface area contributed by atoms with Crippen LogP contribution >= 0.6 is 0 Å². The highest BCUT2D eigenvalue weighted by atomic mass is 19.1. The summed E-state index contributed by atoms with van der Waals surface area (Å²) in [4.78, 5) is 7.52. The monoisotopic (exact) mass is 404 g/mol. The summed E-state index contributed by atoms with van der Waals surface area (Å²) < 4.78 is 15.4. The molecular weight excluding hydrogens is 379 g/mol. The van der Waals surface area contributed by atoms with E-state index >= 15 is 0 Å². The zero-order valence-corrected chi connectivity index (χ0v) is 17.1. The van der Waals surface area contributed by atoms with E-state index in [1.807, 2.05) is 35.3 Å². The number of nitrogens with one attached hydrogen (secondary N) is 3. The Balaban J connectivity index is 1.36. The third-order valence-corrected chi connectivity index (χ3v) is 5.13. The first-order chi connectivity index (χ1) is 14.6. The molecule has 0 amide bonds. The van der Waals surface area contributed by atoms with Crippen LogP contribution < -0.4 is 10.6 Å². The highest BCUT2D eigenvalue weighted by Gasteiger charge is 2.10. The van der Waals surface area contributed by atoms with Crippen molar-refractivity contribution in [2.45, 2.75) is 19.4 Å². The molecule has 0 saturated carbocycles. The fraction of sp³-hybridized carbons (Fsp3) is 0.217. The number of benzene rings is 2. The van der Waals surface area contributed by atoms with Gasteiger partial charge in [0.15, 0.2) is 5.96 Å². The molecule has 7 heteroatoms. The SMILES string of the molecule is CN=C(NCCc1c[nH]c2ccc(F)cc12)NC(C)c1cccc(-n2cccn2)c1. The van der Waals surface area contributed by atoms with Gasteiger partial charge in [0, 0.05) is 43.1 Å². The maximum atomic E-state index is 13.6. The fourth-order valence-electron chi connectivity index (χ4n) is 3.51. The summed E-state index contributed by atoms with van der Waals surface area (Å²) >= 11 is 0. The van der Waals surface area contributed by atoms with E-state index in [0.717, 1.165) is 40.1 Å². The molecule has 0 bridgehead atoms. The van der Waals surface area contributed by atoms with Crippen molar-refractivity contribution in [3.05, 3.63) is 84.1 Å². The molecule has 2 aromatic carbocycles. The molecule has 4 aromatic rings. The molecule has 0 aliphatic heterocycles. The second-order valence-corrected chi connectivity index (χ2v) is 7.16. The van der Waals surface area contributed by atoms with Crippen LogP contribution in [0.4, 0.5) is 4.39 Å². The number of aliphatic imine (C=N–C) groups is 1. The van der Waals surface area contributed by atoms with E-state index in [4.69, 9.17) is 0 Å². The minimum absolute atomic E-state index is 0.0638. The maximum absolute atomic E-state index is 13.6. The number of guanidine groups is 1. The minimum atomic E-state index is -0.222. The van der Waals surface area contributed by atoms with Gasteiger partial charge in [0.1, 0.15) is 5.82 Å². The maximum Gasteiger partial charge on any atom is 0.191 e. The van der Waals surface area contributed by atoms with Crippen LogP contribution in [-0.2, 0) is 6.42 Å². The van der Waals surface area contributed by atoms with Crippen LogP contribution in [0.2, 0.25) is 0 Å². The lowest BCUT2D eigenvalue weighted by atomic mass is 10.1. The summed E-state index contributed by atoms with van der Waals surface area (Å²) in [5.41, 5.74) is 4.17. The van der Waals surface area contributed by atoms with Gasteiger partial charge < -0.3 is 15.6 Å². The number of H-pyrrole nitrogens is 1. The Hall–Kier alpha value is -3.61. The molecule has 0 aliphatic carbocycles. The molecule has 1 atom stereocenters. The lowest BCUT2D eigenvalue weighted by molar-refractivity contribution is 0.629. The van der Waals surface area contributed by atoms with Crippen molar-refractivity contribution in [1.29, 1.82) is 0 Å². The number of aromatic nitrogens is 3. The molecule has 6 nitrogen and oxygen atoms in total. The van der Waals surface area contributed by atoms with Crippen LogP contribution in [0.3, 0.4) is 0 Å². The lowest BCUT2D eigenvalue weighted by Gasteiger charge is -2.19. The molecule has 30 heavy (non-hydrogen) atoms. The normalized spacial score (nSPS) is 12.8. The number of hydrogen-bond donors (Lipinski definition) is 3. The van der Waals surface area contributed by atoms with E-state index in [1.54, 1.807) is 25.4 Å². The fourth-order valence-corrected chi connectivity index (χ4v) is 3.51. The number of fused-ring (bicyclic) bond motifs is 1. The highest BCUT2D eigenvalue weighted by molar-refractivity contribution is 5.83. The molecule has 3 N–H and O–H groups in total. The number of halogens is 1. The van der Waals surface area contributed by atoms with Crippen molar-refractivity contribution >= 4 is 16.9 Å². The third kappa shape index (κ3) is 4.35. The molecule has 1 unspecified atom stereocenters. The molecule has 0 aliphatic rings. The lowest BCUT2D eigenvalue weighted by Crippen LogP contribution is -2.39. The molecular formula is C23H25FN6. The zero-order valence-electron chi connectivity index (χ0n) is 17.1. The van der Waals surface area contributed by atoms with Crippen molar-refractivity contribution in [2.24, 2.45) is 4.99 Å². The van der Waals surface area contributed by atoms with Crippen LogP contribution in [0.25, 0.3) is 16.6 Å². The van der Waals surface area contributed by atoms with Gasteiger partial charge in [-0.15, -0.1) is 0 Å². The Bertz CT molecular complexity index is 1150. The first-order valence-electron chi connectivity index (χ1n) is 9.97. The summed E-state index contributed by atoms with van der Waals surface area (Å²) in [7, 11) is 1.75. The molecule has 0 spiro atoms. The van der Waals surface area contributed by atoms with Gasteiger partial charge >= 0.3 is 0 Å². The molecule has 0 fully saturated rings. The summed E-state index contributed by atoms with van der Waals surface area (Å²) in [6, 6.07) is 15.0. The van der Waals surface area contributed by atoms with Crippen molar-refractivity contribution in [2.75, 3.05) is 13.6 Å². The van der Waals surface area contributed by atoms with Crippen LogP contribution in [0.5, 0.6) is 0 Å². The van der Waals surface area contributed by atoms with Gasteiger partial charge in [-0.25, -0.2) is 9.07 Å². The first-order valence-corrected chi connectivity index (χ1v) is 9.97. The summed E-state index contributed by atoms with van der Waals surface area (Å²) in [5, 5.41) is 12.0. The Morgan fingerprint density at radius 2 is 2.13 bits per heavy atom. The standard InChI is InChI=1S/C23H25FN6/c1-16(17-5-3-6-20(13-17)30-12-4-10-28-30)29-23(25-2)26-11-9-18-15-27-22-8-7-19(24)14-21(18)22/h3-8,10,12-16,27H,9,11H2,1-2H3,(H2,25,26,29). The molecule has 0 radical (unpaired) electrons. The van der Waals surface area contributed by atoms with Gasteiger partial charge in [-0.3, -0.25) is 4.99 Å². The van der Waals surface area contributed by atoms with Gasteiger partial charge in [-0.05, 0) is 60.9 Å². The van der Waals surface area contributed by atoms with Crippen molar-refractivity contribution < 1.29 is 4.39 Å². The molecule has 154 valence electrons. The quantitative estimate of drug-likeness (QED) is 0.337. The third-order valence-electron chi connectivity index (χ3n) is 5.13. The van der Waals surface area contributed by atoms with Crippen LogP contribution in [0.15, 0.2) is 72.1 Å². The number of nitrogens with zero attached hydrogens (tertiary/aromatic N) is 3. The zero-order chi connectivity index (χ0) is 20.9. The topological polar surface area (TPSA) is 70.0 Å². The van der Waals surface area contributed by atoms with E-state index < -0.39 is 0 Å². The van der Waals surface area contributed by atoms with Crippen LogP contribution in [0, 0.1) is 5.82 Å². The van der Waals surface area contributed by atoms with E-state index in [0.29, 0.717) is 6.54 Å². The highest BCUT2D eigenvalue weighted by Crippen LogP contribution is 2.20. The van der Waals surface area contributed by atoms with E-state index in [9.17, 15) is 4.39 Å². The predicted octanol–water partition coefficient (Wildman–Crippen LogP) is 3.96. The summed E-state index contributed by atoms with van der Waals surface area (Å²) in [5.74, 6) is 0.498. The number of aromatic amines is 1. The summed E-state index contributed by atoms with van der Waals surface area (Å²) in [6.45, 7) is 2.78. The minimum Gasteiger partial charge on any atom is -0.361 e. The molecule has 0 saturated heterocycles. The average Bonchev–Trinajstić information content (AvgIpc) is 3.43. The van der Waals surface area contributed by atoms with Crippen molar-refractivity contribution in [3.63, 3.8) is 0 Å². The Morgan fingerprint density at radius 3 is 2.93 bits per heavy atom. The Morgan fingerprint density at radius 1 is 1.23 bits per heavy atom. The summed E-state index contributed by atoms with van der Waals surface area (Å²) in [6.07, 6.45) is 6.38. The predicted molar refractivity (Wildman–Crippen MR) is 118 cm³/mol. The Kier molecular flexibility index (Phi) is 5.79. The first kappa shape index (κ1) is 19.7. The van der Waals surface area contributed by atoms with Crippen molar-refractivity contribution in [3.8, 4) is 5.69 Å². The van der Waals surface area contributed by atoms with Gasteiger partial charge in [0.2, 0.25) is 0 Å².